The van der Waals surface area contributed by atoms with Crippen LogP contribution in [0.1, 0.15) is 6.42 Å². The van der Waals surface area contributed by atoms with Gasteiger partial charge >= 0.3 is 0 Å². The third-order valence-corrected chi connectivity index (χ3v) is 2.77. The van der Waals surface area contributed by atoms with Crippen molar-refractivity contribution in [1.29, 1.82) is 5.26 Å². The first-order valence-electron chi connectivity index (χ1n) is 4.34. The number of aromatic nitrogens is 2. The van der Waals surface area contributed by atoms with Crippen molar-refractivity contribution < 1.29 is 0 Å². The van der Waals surface area contributed by atoms with Gasteiger partial charge in [-0.05, 0) is 12.1 Å². The Morgan fingerprint density at radius 2 is 2.33 bits per heavy atom. The highest BCUT2D eigenvalue weighted by molar-refractivity contribution is 7.00. The Morgan fingerprint density at radius 1 is 1.47 bits per heavy atom. The fourth-order valence-corrected chi connectivity index (χ4v) is 2.00. The average molecular weight is 239 g/mol. The normalized spacial score (nSPS) is 10.1. The molecule has 15 heavy (non-hydrogen) atoms. The number of hydrogen-bond donors (Lipinski definition) is 1. The van der Waals surface area contributed by atoms with Crippen molar-refractivity contribution in [3.05, 3.63) is 17.2 Å². The molecule has 0 atom stereocenters. The Balaban J connectivity index is 2.35. The maximum atomic E-state index is 8.44. The van der Waals surface area contributed by atoms with E-state index >= 15 is 0 Å². The van der Waals surface area contributed by atoms with Crippen LogP contribution in [0.15, 0.2) is 12.1 Å². The zero-order valence-electron chi connectivity index (χ0n) is 7.70. The number of nitrogens with zero attached hydrogens (tertiary/aromatic N) is 3. The van der Waals surface area contributed by atoms with E-state index in [1.54, 1.807) is 6.07 Å². The molecule has 0 bridgehead atoms. The first-order valence-corrected chi connectivity index (χ1v) is 5.45. The number of benzene rings is 1. The number of rotatable bonds is 3. The topological polar surface area (TPSA) is 61.6 Å². The highest BCUT2D eigenvalue weighted by atomic mass is 35.5. The molecule has 1 aromatic carbocycles. The Morgan fingerprint density at radius 3 is 3.13 bits per heavy atom. The lowest BCUT2D eigenvalue weighted by molar-refractivity contribution is 1.08. The molecule has 76 valence electrons. The third kappa shape index (κ3) is 2.01. The molecule has 4 nitrogen and oxygen atoms in total. The van der Waals surface area contributed by atoms with E-state index in [9.17, 15) is 0 Å². The summed E-state index contributed by atoms with van der Waals surface area (Å²) in [6.07, 6.45) is 0.435. The molecule has 0 aliphatic heterocycles. The molecule has 0 amide bonds. The van der Waals surface area contributed by atoms with Gasteiger partial charge < -0.3 is 5.32 Å². The van der Waals surface area contributed by atoms with E-state index in [0.29, 0.717) is 18.0 Å². The van der Waals surface area contributed by atoms with Crippen LogP contribution in [0.2, 0.25) is 5.02 Å². The van der Waals surface area contributed by atoms with E-state index in [4.69, 9.17) is 16.9 Å². The molecule has 6 heteroatoms. The fourth-order valence-electron chi connectivity index (χ4n) is 1.24. The predicted molar refractivity (Wildman–Crippen MR) is 61.1 cm³/mol. The van der Waals surface area contributed by atoms with Gasteiger partial charge in [0, 0.05) is 6.54 Å². The first-order chi connectivity index (χ1) is 7.33. The van der Waals surface area contributed by atoms with Crippen LogP contribution in [0.25, 0.3) is 11.0 Å². The molecule has 0 aliphatic carbocycles. The van der Waals surface area contributed by atoms with E-state index < -0.39 is 0 Å². The van der Waals surface area contributed by atoms with Gasteiger partial charge in [-0.3, -0.25) is 0 Å². The summed E-state index contributed by atoms with van der Waals surface area (Å²) in [5, 5.41) is 12.1. The third-order valence-electron chi connectivity index (χ3n) is 1.92. The summed E-state index contributed by atoms with van der Waals surface area (Å²) >= 11 is 7.18. The zero-order valence-corrected chi connectivity index (χ0v) is 9.27. The van der Waals surface area contributed by atoms with Crippen molar-refractivity contribution in [2.45, 2.75) is 6.42 Å². The molecule has 1 aromatic heterocycles. The first kappa shape index (κ1) is 10.1. The summed E-state index contributed by atoms with van der Waals surface area (Å²) in [6, 6.07) is 5.67. The van der Waals surface area contributed by atoms with Gasteiger partial charge in [-0.2, -0.15) is 14.0 Å². The van der Waals surface area contributed by atoms with Crippen LogP contribution in [0, 0.1) is 11.3 Å². The summed E-state index contributed by atoms with van der Waals surface area (Å²) in [4.78, 5) is 0. The van der Waals surface area contributed by atoms with Gasteiger partial charge in [0.2, 0.25) is 0 Å². The summed E-state index contributed by atoms with van der Waals surface area (Å²) in [7, 11) is 0. The van der Waals surface area contributed by atoms with Gasteiger partial charge in [0.25, 0.3) is 0 Å². The van der Waals surface area contributed by atoms with E-state index in [-0.39, 0.29) is 0 Å². The Kier molecular flexibility index (Phi) is 2.99. The number of halogens is 1. The van der Waals surface area contributed by atoms with E-state index in [2.05, 4.69) is 20.1 Å². The van der Waals surface area contributed by atoms with Gasteiger partial charge in [0.05, 0.1) is 34.9 Å². The number of fused-ring (bicyclic) bond motifs is 1. The molecule has 0 saturated carbocycles. The molecule has 0 saturated heterocycles. The molecule has 2 aromatic rings. The maximum absolute atomic E-state index is 8.44. The van der Waals surface area contributed by atoms with Crippen molar-refractivity contribution >= 4 is 40.0 Å². The summed E-state index contributed by atoms with van der Waals surface area (Å²) in [5.41, 5.74) is 2.35. The van der Waals surface area contributed by atoms with Gasteiger partial charge in [-0.15, -0.1) is 0 Å². The highest BCUT2D eigenvalue weighted by Crippen LogP contribution is 2.29. The second kappa shape index (κ2) is 4.43. The van der Waals surface area contributed by atoms with Crippen molar-refractivity contribution in [1.82, 2.24) is 8.75 Å². The monoisotopic (exact) mass is 238 g/mol. The lowest BCUT2D eigenvalue weighted by atomic mass is 10.2. The van der Waals surface area contributed by atoms with Crippen molar-refractivity contribution in [2.75, 3.05) is 11.9 Å². The predicted octanol–water partition coefficient (Wildman–Crippen LogP) is 2.67. The Hall–Kier alpha value is -1.38. The lowest BCUT2D eigenvalue weighted by Crippen LogP contribution is -2.01. The Labute approximate surface area is 95.8 Å². The highest BCUT2D eigenvalue weighted by Gasteiger charge is 2.08. The van der Waals surface area contributed by atoms with Crippen LogP contribution < -0.4 is 5.32 Å². The van der Waals surface area contributed by atoms with Crippen LogP contribution in [0.4, 0.5) is 5.69 Å². The minimum Gasteiger partial charge on any atom is -0.381 e. The molecule has 0 radical (unpaired) electrons. The van der Waals surface area contributed by atoms with E-state index in [0.717, 1.165) is 28.4 Å². The minimum atomic E-state index is 0.435. The second-order valence-corrected chi connectivity index (χ2v) is 3.82. The van der Waals surface area contributed by atoms with E-state index in [1.807, 2.05) is 6.07 Å². The number of nitriles is 1. The molecular formula is C9H7ClN4S. The fraction of sp³-hybridized carbons (Fsp3) is 0.222. The van der Waals surface area contributed by atoms with Crippen LogP contribution in [-0.4, -0.2) is 15.3 Å². The number of nitrogens with one attached hydrogen (secondary N) is 1. The van der Waals surface area contributed by atoms with E-state index in [1.165, 1.54) is 0 Å². The van der Waals surface area contributed by atoms with Crippen molar-refractivity contribution in [3.8, 4) is 6.07 Å². The minimum absolute atomic E-state index is 0.435. The van der Waals surface area contributed by atoms with Crippen LogP contribution in [-0.2, 0) is 0 Å². The number of anilines is 1. The molecule has 1 N–H and O–H groups in total. The van der Waals surface area contributed by atoms with Gasteiger partial charge in [-0.1, -0.05) is 11.6 Å². The molecule has 0 aliphatic rings. The average Bonchev–Trinajstić information content (AvgIpc) is 2.69. The maximum Gasteiger partial charge on any atom is 0.129 e. The molecule has 1 heterocycles. The standard InChI is InChI=1S/C9H7ClN4S/c10-6-2-3-7-9(14-15-13-7)8(6)12-5-1-4-11/h2-3,12H,1,5H2. The van der Waals surface area contributed by atoms with Crippen molar-refractivity contribution in [3.63, 3.8) is 0 Å². The van der Waals surface area contributed by atoms with Crippen LogP contribution in [0.3, 0.4) is 0 Å². The molecule has 0 unspecified atom stereocenters. The van der Waals surface area contributed by atoms with Crippen LogP contribution >= 0.6 is 23.3 Å². The zero-order chi connectivity index (χ0) is 10.7. The van der Waals surface area contributed by atoms with Crippen LogP contribution in [0.5, 0.6) is 0 Å². The Bertz CT molecular complexity index is 516. The summed E-state index contributed by atoms with van der Waals surface area (Å²) in [6.45, 7) is 0.562. The van der Waals surface area contributed by atoms with Gasteiger partial charge in [0.1, 0.15) is 11.0 Å². The van der Waals surface area contributed by atoms with Crippen molar-refractivity contribution in [2.24, 2.45) is 0 Å². The molecule has 0 fully saturated rings. The van der Waals surface area contributed by atoms with Gasteiger partial charge in [-0.25, -0.2) is 0 Å². The lowest BCUT2D eigenvalue weighted by Gasteiger charge is -2.06. The summed E-state index contributed by atoms with van der Waals surface area (Å²) in [5.74, 6) is 0. The largest absolute Gasteiger partial charge is 0.381 e. The smallest absolute Gasteiger partial charge is 0.129 e. The molecular weight excluding hydrogens is 232 g/mol. The second-order valence-electron chi connectivity index (χ2n) is 2.89. The van der Waals surface area contributed by atoms with Gasteiger partial charge in [0.15, 0.2) is 0 Å². The SMILES string of the molecule is N#CCCNc1c(Cl)ccc2nsnc12. The molecule has 0 spiro atoms. The number of hydrogen-bond acceptors (Lipinski definition) is 5. The molecule has 2 rings (SSSR count). The summed E-state index contributed by atoms with van der Waals surface area (Å²) < 4.78 is 8.27. The quantitative estimate of drug-likeness (QED) is 0.836.